The highest BCUT2D eigenvalue weighted by Crippen LogP contribution is 2.44. The number of fused-ring (bicyclic) bond motifs is 3. The fourth-order valence-electron chi connectivity index (χ4n) is 5.52. The first-order chi connectivity index (χ1) is 16.4. The summed E-state index contributed by atoms with van der Waals surface area (Å²) < 4.78 is 5.65. The van der Waals surface area contributed by atoms with E-state index in [2.05, 4.69) is 29.6 Å². The van der Waals surface area contributed by atoms with E-state index in [-0.39, 0.29) is 37.8 Å². The van der Waals surface area contributed by atoms with Crippen molar-refractivity contribution >= 4 is 18.0 Å². The molecule has 1 aliphatic heterocycles. The standard InChI is InChI=1S/C26H28N2O6/c29-16-12-22(24(31)32)28(14-16)23(30)13-26(10-5-11-26)27-25(33)34-15-21-19-8-3-1-6-17(19)18-7-2-4-9-20(18)21/h1-4,6-9,16,21-22,29H,5,10-15H2,(H,27,33)(H,31,32)/t16-,22-/m1/s1. The van der Waals surface area contributed by atoms with Gasteiger partial charge in [0.1, 0.15) is 12.6 Å². The van der Waals surface area contributed by atoms with Gasteiger partial charge in [0.2, 0.25) is 5.91 Å². The molecule has 0 bridgehead atoms. The smallest absolute Gasteiger partial charge is 0.407 e. The number of nitrogens with zero attached hydrogens (tertiary/aromatic N) is 1. The van der Waals surface area contributed by atoms with Crippen LogP contribution in [0.25, 0.3) is 11.1 Å². The van der Waals surface area contributed by atoms with E-state index in [1.165, 1.54) is 4.90 Å². The van der Waals surface area contributed by atoms with Crippen LogP contribution in [0.15, 0.2) is 48.5 Å². The van der Waals surface area contributed by atoms with Gasteiger partial charge in [-0.1, -0.05) is 48.5 Å². The lowest BCUT2D eigenvalue weighted by atomic mass is 9.74. The normalized spacial score (nSPS) is 22.4. The molecule has 2 aromatic carbocycles. The number of hydrogen-bond donors (Lipinski definition) is 3. The van der Waals surface area contributed by atoms with Gasteiger partial charge in [-0.3, -0.25) is 4.79 Å². The van der Waals surface area contributed by atoms with Crippen molar-refractivity contribution in [1.82, 2.24) is 10.2 Å². The molecule has 178 valence electrons. The average Bonchev–Trinajstić information content (AvgIpc) is 3.35. The zero-order valence-corrected chi connectivity index (χ0v) is 18.8. The van der Waals surface area contributed by atoms with Crippen molar-refractivity contribution in [2.24, 2.45) is 0 Å². The average molecular weight is 465 g/mol. The minimum absolute atomic E-state index is 0.00315. The summed E-state index contributed by atoms with van der Waals surface area (Å²) in [5.41, 5.74) is 3.80. The van der Waals surface area contributed by atoms with Gasteiger partial charge in [0.15, 0.2) is 0 Å². The second-order valence-electron chi connectivity index (χ2n) is 9.55. The molecule has 0 radical (unpaired) electrons. The second kappa shape index (κ2) is 8.76. The summed E-state index contributed by atoms with van der Waals surface area (Å²) in [6.07, 6.45) is 0.695. The number of carboxylic acids is 1. The Bertz CT molecular complexity index is 1080. The maximum absolute atomic E-state index is 12.9. The van der Waals surface area contributed by atoms with Crippen molar-refractivity contribution in [3.05, 3.63) is 59.7 Å². The van der Waals surface area contributed by atoms with Gasteiger partial charge in [0.25, 0.3) is 0 Å². The van der Waals surface area contributed by atoms with Crippen LogP contribution in [0, 0.1) is 0 Å². The Morgan fingerprint density at radius 2 is 1.65 bits per heavy atom. The molecule has 2 aromatic rings. The van der Waals surface area contributed by atoms with E-state index >= 15 is 0 Å². The summed E-state index contributed by atoms with van der Waals surface area (Å²) in [7, 11) is 0. The van der Waals surface area contributed by atoms with Gasteiger partial charge >= 0.3 is 12.1 Å². The van der Waals surface area contributed by atoms with E-state index in [9.17, 15) is 24.6 Å². The van der Waals surface area contributed by atoms with Crippen molar-refractivity contribution in [2.45, 2.75) is 55.7 Å². The molecule has 0 spiro atoms. The van der Waals surface area contributed by atoms with Crippen LogP contribution in [-0.2, 0) is 14.3 Å². The number of carbonyl (C=O) groups is 3. The minimum Gasteiger partial charge on any atom is -0.480 e. The van der Waals surface area contributed by atoms with Crippen molar-refractivity contribution < 1.29 is 29.3 Å². The first-order valence-corrected chi connectivity index (χ1v) is 11.7. The van der Waals surface area contributed by atoms with E-state index in [0.29, 0.717) is 12.8 Å². The molecule has 1 saturated carbocycles. The summed E-state index contributed by atoms with van der Waals surface area (Å²) in [6.45, 7) is 0.181. The molecule has 1 heterocycles. The van der Waals surface area contributed by atoms with Crippen molar-refractivity contribution in [3.63, 3.8) is 0 Å². The predicted octanol–water partition coefficient (Wildman–Crippen LogP) is 2.88. The van der Waals surface area contributed by atoms with E-state index in [4.69, 9.17) is 4.74 Å². The first-order valence-electron chi connectivity index (χ1n) is 11.7. The first kappa shape index (κ1) is 22.4. The third-order valence-electron chi connectivity index (χ3n) is 7.40. The number of hydrogen-bond acceptors (Lipinski definition) is 5. The number of β-amino-alcohol motifs (C(OH)–C–C–N with tert-alkyl or cyclic N) is 1. The highest BCUT2D eigenvalue weighted by molar-refractivity contribution is 5.86. The van der Waals surface area contributed by atoms with Crippen LogP contribution in [0.3, 0.4) is 0 Å². The molecular weight excluding hydrogens is 436 g/mol. The minimum atomic E-state index is -1.13. The van der Waals surface area contributed by atoms with Crippen LogP contribution in [0.2, 0.25) is 0 Å². The third-order valence-corrected chi connectivity index (χ3v) is 7.40. The molecule has 1 saturated heterocycles. The fraction of sp³-hybridized carbons (Fsp3) is 0.423. The number of rotatable bonds is 6. The van der Waals surface area contributed by atoms with Gasteiger partial charge in [-0.2, -0.15) is 0 Å². The summed E-state index contributed by atoms with van der Waals surface area (Å²) >= 11 is 0. The van der Waals surface area contributed by atoms with Gasteiger partial charge in [0, 0.05) is 18.9 Å². The van der Waals surface area contributed by atoms with E-state index in [1.807, 2.05) is 24.3 Å². The van der Waals surface area contributed by atoms with E-state index in [1.54, 1.807) is 0 Å². The number of aliphatic carboxylic acids is 1. The second-order valence-corrected chi connectivity index (χ2v) is 9.55. The number of ether oxygens (including phenoxy) is 1. The number of aliphatic hydroxyl groups is 1. The van der Waals surface area contributed by atoms with Crippen LogP contribution < -0.4 is 5.32 Å². The highest BCUT2D eigenvalue weighted by Gasteiger charge is 2.45. The highest BCUT2D eigenvalue weighted by atomic mass is 16.5. The van der Waals surface area contributed by atoms with Crippen molar-refractivity contribution in [2.75, 3.05) is 13.2 Å². The van der Waals surface area contributed by atoms with Gasteiger partial charge in [0.05, 0.1) is 18.1 Å². The SMILES string of the molecule is O=C(NC1(CC(=O)N2C[C@H](O)C[C@@H]2C(=O)O)CCC1)OCC1c2ccccc2-c2ccccc21. The molecule has 0 aromatic heterocycles. The maximum Gasteiger partial charge on any atom is 0.407 e. The molecule has 8 heteroatoms. The molecule has 5 rings (SSSR count). The fourth-order valence-corrected chi connectivity index (χ4v) is 5.52. The van der Waals surface area contributed by atoms with Crippen LogP contribution >= 0.6 is 0 Å². The molecule has 2 fully saturated rings. The lowest BCUT2D eigenvalue weighted by Gasteiger charge is -2.42. The van der Waals surface area contributed by atoms with Gasteiger partial charge in [-0.05, 0) is 41.5 Å². The Morgan fingerprint density at radius 3 is 2.21 bits per heavy atom. The zero-order chi connectivity index (χ0) is 23.9. The monoisotopic (exact) mass is 464 g/mol. The maximum atomic E-state index is 12.9. The predicted molar refractivity (Wildman–Crippen MR) is 123 cm³/mol. The molecule has 3 N–H and O–H groups in total. The Balaban J connectivity index is 1.23. The molecule has 2 aliphatic carbocycles. The molecule has 8 nitrogen and oxygen atoms in total. The quantitative estimate of drug-likeness (QED) is 0.605. The zero-order valence-electron chi connectivity index (χ0n) is 18.8. The Morgan fingerprint density at radius 1 is 1.03 bits per heavy atom. The summed E-state index contributed by atoms with van der Waals surface area (Å²) in [5.74, 6) is -1.56. The molecule has 2 atom stereocenters. The Labute approximate surface area is 197 Å². The molecular formula is C26H28N2O6. The van der Waals surface area contributed by atoms with Gasteiger partial charge < -0.3 is 25.2 Å². The van der Waals surface area contributed by atoms with Crippen LogP contribution in [-0.4, -0.2) is 63.9 Å². The number of benzene rings is 2. The number of amides is 2. The molecule has 34 heavy (non-hydrogen) atoms. The van der Waals surface area contributed by atoms with Crippen LogP contribution in [0.5, 0.6) is 0 Å². The summed E-state index contributed by atoms with van der Waals surface area (Å²) in [5, 5.41) is 22.1. The third kappa shape index (κ3) is 4.03. The topological polar surface area (TPSA) is 116 Å². The molecule has 0 unspecified atom stereocenters. The lowest BCUT2D eigenvalue weighted by molar-refractivity contribution is -0.149. The van der Waals surface area contributed by atoms with Crippen LogP contribution in [0.4, 0.5) is 4.79 Å². The van der Waals surface area contributed by atoms with Crippen LogP contribution in [0.1, 0.15) is 49.1 Å². The van der Waals surface area contributed by atoms with Gasteiger partial charge in [-0.15, -0.1) is 0 Å². The largest absolute Gasteiger partial charge is 0.480 e. The Hall–Kier alpha value is -3.39. The number of alkyl carbamates (subject to hydrolysis) is 1. The van der Waals surface area contributed by atoms with E-state index < -0.39 is 29.7 Å². The number of carboxylic acid groups (broad SMARTS) is 1. The van der Waals surface area contributed by atoms with Gasteiger partial charge in [-0.25, -0.2) is 9.59 Å². The number of likely N-dealkylation sites (tertiary alicyclic amines) is 1. The number of aliphatic hydroxyl groups excluding tert-OH is 1. The van der Waals surface area contributed by atoms with Crippen molar-refractivity contribution in [1.29, 1.82) is 0 Å². The van der Waals surface area contributed by atoms with E-state index in [0.717, 1.165) is 28.7 Å². The molecule has 3 aliphatic rings. The van der Waals surface area contributed by atoms with Crippen molar-refractivity contribution in [3.8, 4) is 11.1 Å². The molecule has 2 amide bonds. The summed E-state index contributed by atoms with van der Waals surface area (Å²) in [6, 6.07) is 15.2. The number of nitrogens with one attached hydrogen (secondary N) is 1. The Kier molecular flexibility index (Phi) is 5.77. The lowest BCUT2D eigenvalue weighted by Crippen LogP contribution is -2.57. The number of carbonyl (C=O) groups excluding carboxylic acids is 2. The summed E-state index contributed by atoms with van der Waals surface area (Å²) in [4.78, 5) is 38.4.